The van der Waals surface area contributed by atoms with Crippen LogP contribution in [0.15, 0.2) is 72.8 Å². The average molecular weight is 609 g/mol. The number of methoxy groups -OCH3 is 1. The van der Waals surface area contributed by atoms with E-state index < -0.39 is 12.1 Å². The van der Waals surface area contributed by atoms with Crippen LogP contribution in [0, 0.1) is 23.7 Å². The predicted molar refractivity (Wildman–Crippen MR) is 165 cm³/mol. The van der Waals surface area contributed by atoms with Crippen LogP contribution in [0.5, 0.6) is 5.75 Å². The average Bonchev–Trinajstić information content (AvgIpc) is 3.74. The van der Waals surface area contributed by atoms with Gasteiger partial charge in [-0.2, -0.15) is 0 Å². The van der Waals surface area contributed by atoms with Gasteiger partial charge in [0.15, 0.2) is 6.10 Å². The van der Waals surface area contributed by atoms with Gasteiger partial charge in [0.05, 0.1) is 46.4 Å². The van der Waals surface area contributed by atoms with Gasteiger partial charge in [-0.15, -0.1) is 0 Å². The third-order valence-corrected chi connectivity index (χ3v) is 9.69. The SMILES string of the molecule is COc1ccc(C(=O)C(C)OC(=O)c2cc(-c3ccc(N4C(=O)C5C6CCC(C6)C5C4=O)cc3)nc3c(Cl)cccc23)cc1. The van der Waals surface area contributed by atoms with E-state index in [0.29, 0.717) is 56.0 Å². The lowest BCUT2D eigenvalue weighted by Gasteiger charge is -2.19. The van der Waals surface area contributed by atoms with E-state index in [0.717, 1.165) is 19.3 Å². The molecule has 3 fully saturated rings. The Labute approximate surface area is 258 Å². The van der Waals surface area contributed by atoms with Crippen molar-refractivity contribution in [3.05, 3.63) is 88.9 Å². The van der Waals surface area contributed by atoms with Crippen LogP contribution in [0.4, 0.5) is 5.69 Å². The number of anilines is 1. The molecular weight excluding hydrogens is 580 g/mol. The van der Waals surface area contributed by atoms with Gasteiger partial charge in [0.25, 0.3) is 0 Å². The Balaban J connectivity index is 1.17. The summed E-state index contributed by atoms with van der Waals surface area (Å²) >= 11 is 6.51. The van der Waals surface area contributed by atoms with Crippen molar-refractivity contribution >= 4 is 51.8 Å². The Kier molecular flexibility index (Phi) is 6.97. The van der Waals surface area contributed by atoms with Crippen molar-refractivity contribution in [1.29, 1.82) is 0 Å². The molecule has 2 saturated carbocycles. The Morgan fingerprint density at radius 2 is 1.59 bits per heavy atom. The number of nitrogens with zero attached hydrogens (tertiary/aromatic N) is 2. The molecule has 1 saturated heterocycles. The molecule has 222 valence electrons. The molecule has 9 heteroatoms. The normalized spacial score (nSPS) is 22.8. The maximum absolute atomic E-state index is 13.5. The van der Waals surface area contributed by atoms with Crippen molar-refractivity contribution in [2.75, 3.05) is 12.0 Å². The number of amides is 2. The number of hydrogen-bond donors (Lipinski definition) is 0. The van der Waals surface area contributed by atoms with Gasteiger partial charge in [-0.25, -0.2) is 9.78 Å². The van der Waals surface area contributed by atoms with Gasteiger partial charge in [0.2, 0.25) is 17.6 Å². The number of hydrogen-bond acceptors (Lipinski definition) is 7. The van der Waals surface area contributed by atoms with E-state index in [1.807, 2.05) is 0 Å². The molecule has 2 aliphatic carbocycles. The van der Waals surface area contributed by atoms with E-state index in [2.05, 4.69) is 0 Å². The summed E-state index contributed by atoms with van der Waals surface area (Å²) in [6.07, 6.45) is 1.97. The minimum absolute atomic E-state index is 0.0982. The van der Waals surface area contributed by atoms with Gasteiger partial charge < -0.3 is 9.47 Å². The number of halogens is 1. The predicted octanol–water partition coefficient (Wildman–Crippen LogP) is 6.53. The van der Waals surface area contributed by atoms with Gasteiger partial charge in [0.1, 0.15) is 5.75 Å². The van der Waals surface area contributed by atoms with E-state index in [1.165, 1.54) is 18.9 Å². The fourth-order valence-electron chi connectivity index (χ4n) is 7.24. The van der Waals surface area contributed by atoms with E-state index in [4.69, 9.17) is 26.1 Å². The lowest BCUT2D eigenvalue weighted by Crippen LogP contribution is -2.32. The second kappa shape index (κ2) is 10.9. The molecule has 4 aromatic rings. The molecular formula is C35H29ClN2O6. The molecule has 44 heavy (non-hydrogen) atoms. The highest BCUT2D eigenvalue weighted by molar-refractivity contribution is 6.35. The zero-order chi connectivity index (χ0) is 30.7. The van der Waals surface area contributed by atoms with Crippen LogP contribution in [0.3, 0.4) is 0 Å². The Morgan fingerprint density at radius 1 is 0.932 bits per heavy atom. The summed E-state index contributed by atoms with van der Waals surface area (Å²) < 4.78 is 10.8. The van der Waals surface area contributed by atoms with Gasteiger partial charge >= 0.3 is 5.97 Å². The Morgan fingerprint density at radius 3 is 2.23 bits per heavy atom. The minimum atomic E-state index is -1.05. The van der Waals surface area contributed by atoms with E-state index in [9.17, 15) is 19.2 Å². The number of esters is 1. The third-order valence-electron chi connectivity index (χ3n) is 9.39. The summed E-state index contributed by atoms with van der Waals surface area (Å²) in [5.41, 5.74) is 2.64. The number of carbonyl (C=O) groups excluding carboxylic acids is 4. The summed E-state index contributed by atoms with van der Waals surface area (Å²) in [5.74, 6) is -0.402. The summed E-state index contributed by atoms with van der Waals surface area (Å²) in [5, 5.41) is 0.841. The second-order valence-corrected chi connectivity index (χ2v) is 12.2. The second-order valence-electron chi connectivity index (χ2n) is 11.8. The highest BCUT2D eigenvalue weighted by Crippen LogP contribution is 2.56. The number of rotatable bonds is 7. The number of para-hydroxylation sites is 1. The summed E-state index contributed by atoms with van der Waals surface area (Å²) in [7, 11) is 1.54. The number of aromatic nitrogens is 1. The number of imide groups is 1. The standard InChI is InChI=1S/C35H29ClN2O6/c1-18(32(39)20-10-14-24(43-2)15-11-20)44-35(42)26-17-28(37-31-25(26)4-3-5-27(31)36)19-8-12-23(13-9-19)38-33(40)29-21-6-7-22(16-21)30(29)34(38)41/h3-5,8-15,17-18,21-22,29-30H,6-7,16H2,1-2H3. The maximum Gasteiger partial charge on any atom is 0.339 e. The lowest BCUT2D eigenvalue weighted by molar-refractivity contribution is -0.123. The maximum atomic E-state index is 13.5. The van der Waals surface area contributed by atoms with Gasteiger partial charge in [-0.05, 0) is 86.6 Å². The largest absolute Gasteiger partial charge is 0.497 e. The van der Waals surface area contributed by atoms with Crippen LogP contribution in [0.1, 0.15) is 46.9 Å². The molecule has 2 bridgehead atoms. The van der Waals surface area contributed by atoms with Crippen LogP contribution in [0.2, 0.25) is 5.02 Å². The highest BCUT2D eigenvalue weighted by atomic mass is 35.5. The van der Waals surface area contributed by atoms with Crippen LogP contribution < -0.4 is 9.64 Å². The van der Waals surface area contributed by atoms with Crippen molar-refractivity contribution in [2.45, 2.75) is 32.3 Å². The van der Waals surface area contributed by atoms with Gasteiger partial charge in [0, 0.05) is 16.5 Å². The number of pyridine rings is 1. The highest BCUT2D eigenvalue weighted by Gasteiger charge is 2.61. The van der Waals surface area contributed by atoms with E-state index in [-0.39, 0.29) is 35.0 Å². The van der Waals surface area contributed by atoms with Crippen molar-refractivity contribution in [2.24, 2.45) is 23.7 Å². The Bertz CT molecular complexity index is 1810. The molecule has 3 aromatic carbocycles. The third kappa shape index (κ3) is 4.56. The van der Waals surface area contributed by atoms with E-state index in [1.54, 1.807) is 72.8 Å². The summed E-state index contributed by atoms with van der Waals surface area (Å²) in [6.45, 7) is 1.53. The van der Waals surface area contributed by atoms with Crippen LogP contribution in [0.25, 0.3) is 22.2 Å². The zero-order valence-electron chi connectivity index (χ0n) is 24.2. The fourth-order valence-corrected chi connectivity index (χ4v) is 7.46. The molecule has 1 aromatic heterocycles. The van der Waals surface area contributed by atoms with Gasteiger partial charge in [-0.1, -0.05) is 35.9 Å². The molecule has 5 atom stereocenters. The number of fused-ring (bicyclic) bond motifs is 6. The lowest BCUT2D eigenvalue weighted by atomic mass is 9.81. The first-order valence-electron chi connectivity index (χ1n) is 14.7. The minimum Gasteiger partial charge on any atom is -0.497 e. The molecule has 5 unspecified atom stereocenters. The van der Waals surface area contributed by atoms with Crippen molar-refractivity contribution in [3.63, 3.8) is 0 Å². The molecule has 0 radical (unpaired) electrons. The van der Waals surface area contributed by atoms with E-state index >= 15 is 0 Å². The quantitative estimate of drug-likeness (QED) is 0.134. The number of carbonyl (C=O) groups is 4. The topological polar surface area (TPSA) is 103 Å². The molecule has 1 aliphatic heterocycles. The fraction of sp³-hybridized carbons (Fsp3) is 0.286. The number of ketones is 1. The van der Waals surface area contributed by atoms with Crippen molar-refractivity contribution in [1.82, 2.24) is 4.98 Å². The molecule has 2 amide bonds. The molecule has 0 spiro atoms. The van der Waals surface area contributed by atoms with Crippen molar-refractivity contribution < 1.29 is 28.7 Å². The number of ether oxygens (including phenoxy) is 2. The van der Waals surface area contributed by atoms with Crippen molar-refractivity contribution in [3.8, 4) is 17.0 Å². The first-order valence-corrected chi connectivity index (χ1v) is 15.1. The summed E-state index contributed by atoms with van der Waals surface area (Å²) in [6, 6.07) is 20.3. The molecule has 3 aliphatic rings. The smallest absolute Gasteiger partial charge is 0.339 e. The molecule has 0 N–H and O–H groups in total. The first kappa shape index (κ1) is 28.2. The number of Topliss-reactive ketones (excluding diaryl/α,β-unsaturated/α-hetero) is 1. The molecule has 7 rings (SSSR count). The zero-order valence-corrected chi connectivity index (χ0v) is 24.9. The number of benzene rings is 3. The van der Waals surface area contributed by atoms with Crippen LogP contribution in [-0.2, 0) is 14.3 Å². The molecule has 2 heterocycles. The summed E-state index contributed by atoms with van der Waals surface area (Å²) in [4.78, 5) is 59.2. The molecule has 8 nitrogen and oxygen atoms in total. The monoisotopic (exact) mass is 608 g/mol. The van der Waals surface area contributed by atoms with Crippen LogP contribution in [-0.4, -0.2) is 41.8 Å². The van der Waals surface area contributed by atoms with Gasteiger partial charge in [-0.3, -0.25) is 19.3 Å². The van der Waals surface area contributed by atoms with Crippen LogP contribution >= 0.6 is 11.6 Å². The first-order chi connectivity index (χ1) is 21.2. The Hall–Kier alpha value is -4.56.